The number of sulfonamides is 1. The molecule has 0 aromatic carbocycles. The highest BCUT2D eigenvalue weighted by Gasteiger charge is 2.30. The Labute approximate surface area is 187 Å². The minimum absolute atomic E-state index is 0.189. The number of nitriles is 1. The highest BCUT2D eigenvalue weighted by atomic mass is 32.2. The van der Waals surface area contributed by atoms with E-state index in [1.54, 1.807) is 6.20 Å². The lowest BCUT2D eigenvalue weighted by Crippen LogP contribution is -2.36. The second-order valence-corrected chi connectivity index (χ2v) is 10.9. The van der Waals surface area contributed by atoms with Crippen LogP contribution in [0.4, 0.5) is 0 Å². The van der Waals surface area contributed by atoms with Crippen molar-refractivity contribution in [1.82, 2.24) is 29.1 Å². The lowest BCUT2D eigenvalue weighted by Gasteiger charge is -2.33. The fourth-order valence-corrected chi connectivity index (χ4v) is 6.77. The van der Waals surface area contributed by atoms with Gasteiger partial charge >= 0.3 is 0 Å². The summed E-state index contributed by atoms with van der Waals surface area (Å²) in [6, 6.07) is 4.46. The Morgan fingerprint density at radius 3 is 2.75 bits per heavy atom. The van der Waals surface area contributed by atoms with Crippen LogP contribution in [-0.2, 0) is 16.6 Å². The summed E-state index contributed by atoms with van der Waals surface area (Å²) in [6.07, 6.45) is 9.49. The molecule has 10 heteroatoms. The van der Waals surface area contributed by atoms with Gasteiger partial charge in [0.25, 0.3) is 0 Å². The van der Waals surface area contributed by atoms with E-state index in [1.807, 2.05) is 12.3 Å². The zero-order valence-corrected chi connectivity index (χ0v) is 18.9. The predicted molar refractivity (Wildman–Crippen MR) is 122 cm³/mol. The molecule has 0 bridgehead atoms. The van der Waals surface area contributed by atoms with Gasteiger partial charge < -0.3 is 14.5 Å². The van der Waals surface area contributed by atoms with Crippen molar-refractivity contribution in [2.24, 2.45) is 0 Å². The standard InChI is InChI=1S/C22H29N7O2S/c23-9-3-11-28-12-7-16(8-13-28)29-20(15-26-32(30,31)17-4-1-2-5-17)27-19-14-25-22-18(21(19)29)6-10-24-22/h6,10,14,16-17,26H,1-5,7-8,11-13,15H2,(H,24,25). The highest BCUT2D eigenvalue weighted by Crippen LogP contribution is 2.32. The molecule has 5 rings (SSSR count). The third-order valence-electron chi connectivity index (χ3n) is 6.94. The van der Waals surface area contributed by atoms with Crippen molar-refractivity contribution in [1.29, 1.82) is 5.26 Å². The molecule has 170 valence electrons. The average molecular weight is 456 g/mol. The molecule has 0 atom stereocenters. The number of hydrogen-bond acceptors (Lipinski definition) is 6. The van der Waals surface area contributed by atoms with Crippen LogP contribution in [0.1, 0.15) is 56.8 Å². The first-order chi connectivity index (χ1) is 15.6. The van der Waals surface area contributed by atoms with E-state index in [9.17, 15) is 8.42 Å². The second-order valence-electron chi connectivity index (χ2n) is 8.88. The number of aromatic nitrogens is 4. The number of nitrogens with one attached hydrogen (secondary N) is 2. The summed E-state index contributed by atoms with van der Waals surface area (Å²) in [6.45, 7) is 2.82. The van der Waals surface area contributed by atoms with E-state index in [2.05, 4.69) is 30.2 Å². The smallest absolute Gasteiger partial charge is 0.214 e. The quantitative estimate of drug-likeness (QED) is 0.565. The number of piperidine rings is 1. The van der Waals surface area contributed by atoms with Gasteiger partial charge in [-0.3, -0.25) is 0 Å². The number of pyridine rings is 1. The maximum Gasteiger partial charge on any atom is 0.214 e. The minimum atomic E-state index is -3.36. The number of aromatic amines is 1. The molecule has 2 fully saturated rings. The van der Waals surface area contributed by atoms with Gasteiger partial charge in [-0.05, 0) is 31.7 Å². The van der Waals surface area contributed by atoms with Crippen molar-refractivity contribution < 1.29 is 8.42 Å². The first-order valence-corrected chi connectivity index (χ1v) is 13.0. The summed E-state index contributed by atoms with van der Waals surface area (Å²) in [7, 11) is -3.36. The van der Waals surface area contributed by atoms with Crippen molar-refractivity contribution in [3.8, 4) is 6.07 Å². The molecular formula is C22H29N7O2S. The van der Waals surface area contributed by atoms with E-state index in [4.69, 9.17) is 10.2 Å². The van der Waals surface area contributed by atoms with Gasteiger partial charge in [0.1, 0.15) is 17.0 Å². The third kappa shape index (κ3) is 4.00. The molecule has 0 spiro atoms. The van der Waals surface area contributed by atoms with E-state index in [1.165, 1.54) is 0 Å². The first-order valence-electron chi connectivity index (χ1n) is 11.5. The van der Waals surface area contributed by atoms with Gasteiger partial charge in [0, 0.05) is 43.7 Å². The van der Waals surface area contributed by atoms with Crippen LogP contribution in [0.25, 0.3) is 22.1 Å². The normalized spacial score (nSPS) is 19.2. The summed E-state index contributed by atoms with van der Waals surface area (Å²) in [5.41, 5.74) is 2.61. The van der Waals surface area contributed by atoms with Crippen LogP contribution in [-0.4, -0.2) is 57.7 Å². The topological polar surface area (TPSA) is 120 Å². The van der Waals surface area contributed by atoms with E-state index < -0.39 is 10.0 Å². The number of likely N-dealkylation sites (tertiary alicyclic amines) is 1. The molecule has 0 amide bonds. The van der Waals surface area contributed by atoms with Crippen molar-refractivity contribution >= 4 is 32.1 Å². The van der Waals surface area contributed by atoms with E-state index in [0.29, 0.717) is 6.42 Å². The van der Waals surface area contributed by atoms with Gasteiger partial charge in [0.2, 0.25) is 10.0 Å². The van der Waals surface area contributed by atoms with Crippen LogP contribution in [0.3, 0.4) is 0 Å². The number of imidazole rings is 1. The molecule has 3 aromatic heterocycles. The van der Waals surface area contributed by atoms with Gasteiger partial charge in [-0.2, -0.15) is 5.26 Å². The molecule has 1 saturated heterocycles. The molecule has 1 aliphatic carbocycles. The molecule has 2 N–H and O–H groups in total. The van der Waals surface area contributed by atoms with Gasteiger partial charge in [-0.15, -0.1) is 0 Å². The van der Waals surface area contributed by atoms with Gasteiger partial charge in [-0.1, -0.05) is 12.8 Å². The van der Waals surface area contributed by atoms with Crippen LogP contribution in [0.5, 0.6) is 0 Å². The minimum Gasteiger partial charge on any atom is -0.346 e. The Balaban J connectivity index is 1.47. The molecule has 4 heterocycles. The Morgan fingerprint density at radius 1 is 1.22 bits per heavy atom. The summed E-state index contributed by atoms with van der Waals surface area (Å²) >= 11 is 0. The maximum atomic E-state index is 12.8. The van der Waals surface area contributed by atoms with Crippen LogP contribution in [0.2, 0.25) is 0 Å². The number of rotatable bonds is 7. The molecule has 3 aromatic rings. The number of hydrogen-bond donors (Lipinski definition) is 2. The zero-order chi connectivity index (χ0) is 22.1. The highest BCUT2D eigenvalue weighted by molar-refractivity contribution is 7.90. The Hall–Kier alpha value is -2.48. The molecular weight excluding hydrogens is 426 g/mol. The third-order valence-corrected chi connectivity index (χ3v) is 8.84. The lowest BCUT2D eigenvalue weighted by atomic mass is 10.0. The molecule has 1 aliphatic heterocycles. The fourth-order valence-electron chi connectivity index (χ4n) is 5.25. The van der Waals surface area contributed by atoms with Crippen molar-refractivity contribution in [2.45, 2.75) is 62.8 Å². The molecule has 2 aliphatic rings. The van der Waals surface area contributed by atoms with Crippen LogP contribution < -0.4 is 4.72 Å². The Bertz CT molecular complexity index is 1240. The molecule has 1 saturated carbocycles. The monoisotopic (exact) mass is 455 g/mol. The fraction of sp³-hybridized carbons (Fsp3) is 0.591. The summed E-state index contributed by atoms with van der Waals surface area (Å²) in [4.78, 5) is 14.8. The van der Waals surface area contributed by atoms with Crippen LogP contribution in [0.15, 0.2) is 18.5 Å². The maximum absolute atomic E-state index is 12.8. The second kappa shape index (κ2) is 8.81. The zero-order valence-electron chi connectivity index (χ0n) is 18.1. The van der Waals surface area contributed by atoms with Crippen molar-refractivity contribution in [3.05, 3.63) is 24.3 Å². The Kier molecular flexibility index (Phi) is 5.88. The molecule has 0 unspecified atom stereocenters. The molecule has 32 heavy (non-hydrogen) atoms. The molecule has 9 nitrogen and oxygen atoms in total. The SMILES string of the molecule is N#CCCN1CCC(n2c(CNS(=O)(=O)C3CCCC3)nc3cnc4[nH]ccc4c32)CC1. The van der Waals surface area contributed by atoms with E-state index in [-0.39, 0.29) is 17.8 Å². The van der Waals surface area contributed by atoms with Gasteiger partial charge in [0.05, 0.1) is 29.6 Å². The lowest BCUT2D eigenvalue weighted by molar-refractivity contribution is 0.190. The largest absolute Gasteiger partial charge is 0.346 e. The molecule has 0 radical (unpaired) electrons. The van der Waals surface area contributed by atoms with Crippen LogP contribution >= 0.6 is 0 Å². The predicted octanol–water partition coefficient (Wildman–Crippen LogP) is 2.83. The van der Waals surface area contributed by atoms with E-state index >= 15 is 0 Å². The number of H-pyrrole nitrogens is 1. The van der Waals surface area contributed by atoms with Crippen molar-refractivity contribution in [3.63, 3.8) is 0 Å². The van der Waals surface area contributed by atoms with Crippen LogP contribution in [0, 0.1) is 11.3 Å². The summed E-state index contributed by atoms with van der Waals surface area (Å²) in [5.74, 6) is 0.743. The van der Waals surface area contributed by atoms with E-state index in [0.717, 1.165) is 86.1 Å². The summed E-state index contributed by atoms with van der Waals surface area (Å²) < 4.78 is 30.7. The first kappa shape index (κ1) is 21.4. The number of fused-ring (bicyclic) bond motifs is 3. The Morgan fingerprint density at radius 2 is 2.00 bits per heavy atom. The number of nitrogens with zero attached hydrogens (tertiary/aromatic N) is 5. The van der Waals surface area contributed by atoms with Gasteiger partial charge in [0.15, 0.2) is 0 Å². The summed E-state index contributed by atoms with van der Waals surface area (Å²) in [5, 5.41) is 9.60. The van der Waals surface area contributed by atoms with Gasteiger partial charge in [-0.25, -0.2) is 23.1 Å². The van der Waals surface area contributed by atoms with Crippen molar-refractivity contribution in [2.75, 3.05) is 19.6 Å². The average Bonchev–Trinajstić information content (AvgIpc) is 3.55.